The molecule has 2 rings (SSSR count). The molecule has 4 nitrogen and oxygen atoms in total. The average molecular weight is 226 g/mol. The molecule has 2 atom stereocenters. The van der Waals surface area contributed by atoms with Gasteiger partial charge in [0.1, 0.15) is 0 Å². The first-order valence-corrected chi connectivity index (χ1v) is 6.36. The fraction of sp³-hybridized carbons (Fsp3) is 0.917. The zero-order valence-electron chi connectivity index (χ0n) is 10.2. The van der Waals surface area contributed by atoms with Gasteiger partial charge in [-0.15, -0.1) is 0 Å². The topological polar surface area (TPSA) is 41.6 Å². The number of amides is 2. The molecule has 1 N–H and O–H groups in total. The molecule has 16 heavy (non-hydrogen) atoms. The average Bonchev–Trinajstić information content (AvgIpc) is 2.68. The van der Waals surface area contributed by atoms with Gasteiger partial charge in [0.2, 0.25) is 0 Å². The van der Waals surface area contributed by atoms with Crippen molar-refractivity contribution < 1.29 is 9.53 Å². The monoisotopic (exact) mass is 226 g/mol. The molecule has 1 heterocycles. The minimum absolute atomic E-state index is 0.0916. The first-order valence-electron chi connectivity index (χ1n) is 6.36. The molecule has 92 valence electrons. The van der Waals surface area contributed by atoms with Gasteiger partial charge in [-0.05, 0) is 26.7 Å². The molecule has 1 aliphatic heterocycles. The van der Waals surface area contributed by atoms with Crippen LogP contribution < -0.4 is 5.32 Å². The maximum absolute atomic E-state index is 12.0. The van der Waals surface area contributed by atoms with E-state index in [4.69, 9.17) is 4.74 Å². The summed E-state index contributed by atoms with van der Waals surface area (Å²) in [5.41, 5.74) is 0. The van der Waals surface area contributed by atoms with Gasteiger partial charge in [0, 0.05) is 19.1 Å². The number of hydrogen-bond acceptors (Lipinski definition) is 2. The first kappa shape index (κ1) is 11.7. The number of carbonyl (C=O) groups is 1. The van der Waals surface area contributed by atoms with E-state index in [0.29, 0.717) is 19.1 Å². The highest BCUT2D eigenvalue weighted by Crippen LogP contribution is 2.18. The molecule has 0 spiro atoms. The standard InChI is InChI=1S/C12H22N2O2/c1-9-7-14(8-10(2)16-9)12(15)13-11-5-3-4-6-11/h9-11H,3-8H2,1-2H3,(H,13,15)/t9-,10-/m0/s1. The fourth-order valence-corrected chi connectivity index (χ4v) is 2.68. The number of morpholine rings is 1. The van der Waals surface area contributed by atoms with Crippen LogP contribution in [0.2, 0.25) is 0 Å². The van der Waals surface area contributed by atoms with Crippen LogP contribution in [0.3, 0.4) is 0 Å². The van der Waals surface area contributed by atoms with Gasteiger partial charge in [0.15, 0.2) is 0 Å². The highest BCUT2D eigenvalue weighted by atomic mass is 16.5. The summed E-state index contributed by atoms with van der Waals surface area (Å²) in [6.45, 7) is 5.46. The Kier molecular flexibility index (Phi) is 3.69. The summed E-state index contributed by atoms with van der Waals surface area (Å²) in [5, 5.41) is 3.12. The summed E-state index contributed by atoms with van der Waals surface area (Å²) in [5.74, 6) is 0. The third kappa shape index (κ3) is 2.88. The molecule has 4 heteroatoms. The van der Waals surface area contributed by atoms with Crippen LogP contribution in [0.5, 0.6) is 0 Å². The predicted molar refractivity (Wildman–Crippen MR) is 62.4 cm³/mol. The van der Waals surface area contributed by atoms with E-state index < -0.39 is 0 Å². The van der Waals surface area contributed by atoms with Crippen molar-refractivity contribution >= 4 is 6.03 Å². The molecule has 1 saturated heterocycles. The van der Waals surface area contributed by atoms with E-state index in [-0.39, 0.29) is 18.2 Å². The molecule has 0 radical (unpaired) electrons. The van der Waals surface area contributed by atoms with E-state index >= 15 is 0 Å². The second kappa shape index (κ2) is 5.04. The zero-order valence-corrected chi connectivity index (χ0v) is 10.2. The van der Waals surface area contributed by atoms with Crippen LogP contribution in [-0.2, 0) is 4.74 Å². The SMILES string of the molecule is C[C@H]1CN(C(=O)NC2CCCC2)C[C@H](C)O1. The van der Waals surface area contributed by atoms with Gasteiger partial charge < -0.3 is 15.0 Å². The smallest absolute Gasteiger partial charge is 0.317 e. The van der Waals surface area contributed by atoms with Crippen LogP contribution in [0.15, 0.2) is 0 Å². The number of urea groups is 1. The number of nitrogens with zero attached hydrogens (tertiary/aromatic N) is 1. The molecule has 2 amide bonds. The maximum Gasteiger partial charge on any atom is 0.317 e. The number of rotatable bonds is 1. The Hall–Kier alpha value is -0.770. The molecule has 1 saturated carbocycles. The first-order chi connectivity index (χ1) is 7.65. The normalized spacial score (nSPS) is 31.8. The number of hydrogen-bond donors (Lipinski definition) is 1. The largest absolute Gasteiger partial charge is 0.372 e. The highest BCUT2D eigenvalue weighted by molar-refractivity contribution is 5.74. The third-order valence-electron chi connectivity index (χ3n) is 3.39. The summed E-state index contributed by atoms with van der Waals surface area (Å²) in [6, 6.07) is 0.495. The minimum atomic E-state index is 0.0916. The Labute approximate surface area is 97.3 Å². The van der Waals surface area contributed by atoms with Gasteiger partial charge in [-0.3, -0.25) is 0 Å². The van der Waals surface area contributed by atoms with Gasteiger partial charge in [-0.1, -0.05) is 12.8 Å². The second-order valence-corrected chi connectivity index (χ2v) is 5.09. The Morgan fingerprint density at radius 1 is 1.19 bits per heavy atom. The van der Waals surface area contributed by atoms with Crippen LogP contribution in [0.25, 0.3) is 0 Å². The van der Waals surface area contributed by atoms with E-state index in [9.17, 15) is 4.79 Å². The van der Waals surface area contributed by atoms with Crippen molar-refractivity contribution in [3.05, 3.63) is 0 Å². The van der Waals surface area contributed by atoms with Crippen LogP contribution in [0, 0.1) is 0 Å². The molecule has 1 aliphatic carbocycles. The van der Waals surface area contributed by atoms with Gasteiger partial charge >= 0.3 is 6.03 Å². The highest BCUT2D eigenvalue weighted by Gasteiger charge is 2.27. The molecule has 2 fully saturated rings. The van der Waals surface area contributed by atoms with Gasteiger partial charge in [0.05, 0.1) is 12.2 Å². The summed E-state index contributed by atoms with van der Waals surface area (Å²) in [7, 11) is 0. The van der Waals surface area contributed by atoms with Crippen molar-refractivity contribution in [2.24, 2.45) is 0 Å². The molecule has 0 aromatic rings. The van der Waals surface area contributed by atoms with E-state index in [2.05, 4.69) is 5.32 Å². The lowest BCUT2D eigenvalue weighted by Gasteiger charge is -2.35. The van der Waals surface area contributed by atoms with E-state index in [1.165, 1.54) is 12.8 Å². The summed E-state index contributed by atoms with van der Waals surface area (Å²) in [4.78, 5) is 13.9. The lowest BCUT2D eigenvalue weighted by molar-refractivity contribution is -0.0547. The Balaban J connectivity index is 1.83. The molecule has 0 aromatic carbocycles. The van der Waals surface area contributed by atoms with Crippen LogP contribution >= 0.6 is 0 Å². The molecule has 0 bridgehead atoms. The molecule has 0 unspecified atom stereocenters. The summed E-state index contributed by atoms with van der Waals surface area (Å²) >= 11 is 0. The number of carbonyl (C=O) groups excluding carboxylic acids is 1. The third-order valence-corrected chi connectivity index (χ3v) is 3.39. The summed E-state index contributed by atoms with van der Waals surface area (Å²) < 4.78 is 5.61. The summed E-state index contributed by atoms with van der Waals surface area (Å²) in [6.07, 6.45) is 5.08. The van der Waals surface area contributed by atoms with Gasteiger partial charge in [0.25, 0.3) is 0 Å². The maximum atomic E-state index is 12.0. The molecular formula is C12H22N2O2. The fourth-order valence-electron chi connectivity index (χ4n) is 2.68. The molecule has 0 aromatic heterocycles. The van der Waals surface area contributed by atoms with Gasteiger partial charge in [-0.2, -0.15) is 0 Å². The van der Waals surface area contributed by atoms with E-state index in [1.807, 2.05) is 18.7 Å². The second-order valence-electron chi connectivity index (χ2n) is 5.09. The predicted octanol–water partition coefficient (Wildman–Crippen LogP) is 1.75. The number of nitrogens with one attached hydrogen (secondary N) is 1. The van der Waals surface area contributed by atoms with Crippen LogP contribution in [0.4, 0.5) is 4.79 Å². The van der Waals surface area contributed by atoms with Crippen molar-refractivity contribution in [1.29, 1.82) is 0 Å². The van der Waals surface area contributed by atoms with Crippen molar-refractivity contribution in [1.82, 2.24) is 10.2 Å². The van der Waals surface area contributed by atoms with Crippen LogP contribution in [-0.4, -0.2) is 42.3 Å². The van der Waals surface area contributed by atoms with E-state index in [1.54, 1.807) is 0 Å². The van der Waals surface area contributed by atoms with Crippen molar-refractivity contribution in [2.45, 2.75) is 57.8 Å². The van der Waals surface area contributed by atoms with Gasteiger partial charge in [-0.25, -0.2) is 4.79 Å². The molecular weight excluding hydrogens is 204 g/mol. The van der Waals surface area contributed by atoms with E-state index in [0.717, 1.165) is 12.8 Å². The Morgan fingerprint density at radius 2 is 1.75 bits per heavy atom. The Bertz CT molecular complexity index is 241. The lowest BCUT2D eigenvalue weighted by atomic mass is 10.2. The minimum Gasteiger partial charge on any atom is -0.372 e. The van der Waals surface area contributed by atoms with Crippen LogP contribution in [0.1, 0.15) is 39.5 Å². The number of ether oxygens (including phenoxy) is 1. The van der Waals surface area contributed by atoms with Crippen molar-refractivity contribution in [3.8, 4) is 0 Å². The molecule has 2 aliphatic rings. The Morgan fingerprint density at radius 3 is 2.31 bits per heavy atom. The lowest BCUT2D eigenvalue weighted by Crippen LogP contribution is -2.53. The van der Waals surface area contributed by atoms with Crippen molar-refractivity contribution in [3.63, 3.8) is 0 Å². The van der Waals surface area contributed by atoms with Crippen molar-refractivity contribution in [2.75, 3.05) is 13.1 Å². The quantitative estimate of drug-likeness (QED) is 0.740. The zero-order chi connectivity index (χ0) is 11.5.